The number of phenols is 1. The highest BCUT2D eigenvalue weighted by Gasteiger charge is 2.32. The van der Waals surface area contributed by atoms with Crippen molar-refractivity contribution in [3.63, 3.8) is 0 Å². The van der Waals surface area contributed by atoms with E-state index in [4.69, 9.17) is 5.11 Å². The van der Waals surface area contributed by atoms with Crippen LogP contribution in [0.4, 0.5) is 0 Å². The van der Waals surface area contributed by atoms with Gasteiger partial charge in [-0.15, -0.1) is 0 Å². The largest absolute Gasteiger partial charge is 0.508 e. The summed E-state index contributed by atoms with van der Waals surface area (Å²) < 4.78 is 0. The summed E-state index contributed by atoms with van der Waals surface area (Å²) in [5, 5.41) is 46.7. The van der Waals surface area contributed by atoms with Crippen LogP contribution < -0.4 is 21.3 Å². The Morgan fingerprint density at radius 3 is 2.09 bits per heavy atom. The van der Waals surface area contributed by atoms with Crippen molar-refractivity contribution < 1.29 is 44.4 Å². The molecule has 2 rings (SSSR count). The summed E-state index contributed by atoms with van der Waals surface area (Å²) in [6.45, 7) is -0.286. The van der Waals surface area contributed by atoms with Gasteiger partial charge in [-0.2, -0.15) is 0 Å². The molecule has 13 heteroatoms. The molecule has 34 heavy (non-hydrogen) atoms. The number of hydrogen-bond acceptors (Lipinski definition) is 8. The van der Waals surface area contributed by atoms with Gasteiger partial charge in [0, 0.05) is 6.42 Å². The lowest BCUT2D eigenvalue weighted by Crippen LogP contribution is -2.58. The Kier molecular flexibility index (Phi) is 9.76. The van der Waals surface area contributed by atoms with Crippen LogP contribution in [-0.4, -0.2) is 87.4 Å². The maximum atomic E-state index is 12.9. The van der Waals surface area contributed by atoms with Crippen LogP contribution in [0.1, 0.15) is 24.8 Å². The second-order valence-electron chi connectivity index (χ2n) is 7.82. The molecule has 8 N–H and O–H groups in total. The van der Waals surface area contributed by atoms with Gasteiger partial charge in [-0.05, 0) is 37.1 Å². The standard InChI is InChI=1S/C21H28N4O9/c26-10-16(21(33)34)25-19(31)14(8-11-3-5-12(27)6-4-11)23-20(32)15(9-17(28)29)24-18(30)13-2-1-7-22-13/h3-6,13-16,22,26-27H,1-2,7-10H2,(H,23,32)(H,24,30)(H,25,31)(H,28,29)(H,33,34). The highest BCUT2D eigenvalue weighted by Crippen LogP contribution is 2.12. The van der Waals surface area contributed by atoms with E-state index in [9.17, 15) is 39.3 Å². The minimum absolute atomic E-state index is 0.0373. The normalized spacial score (nSPS) is 17.7. The summed E-state index contributed by atoms with van der Waals surface area (Å²) in [6, 6.07) is 0.592. The molecule has 0 aromatic heterocycles. The van der Waals surface area contributed by atoms with E-state index in [2.05, 4.69) is 21.3 Å². The molecule has 0 saturated carbocycles. The van der Waals surface area contributed by atoms with E-state index >= 15 is 0 Å². The first-order chi connectivity index (χ1) is 16.1. The average molecular weight is 480 g/mol. The number of nitrogens with one attached hydrogen (secondary N) is 4. The minimum atomic E-state index is -1.63. The molecule has 0 bridgehead atoms. The Labute approximate surface area is 194 Å². The van der Waals surface area contributed by atoms with Crippen LogP contribution in [0.15, 0.2) is 24.3 Å². The molecule has 0 aliphatic carbocycles. The van der Waals surface area contributed by atoms with E-state index in [1.807, 2.05) is 0 Å². The highest BCUT2D eigenvalue weighted by molar-refractivity contribution is 5.95. The number of amides is 3. The summed E-state index contributed by atoms with van der Waals surface area (Å²) in [4.78, 5) is 60.5. The van der Waals surface area contributed by atoms with Gasteiger partial charge in [-0.25, -0.2) is 4.79 Å². The summed E-state index contributed by atoms with van der Waals surface area (Å²) in [5.74, 6) is -5.34. The van der Waals surface area contributed by atoms with Crippen molar-refractivity contribution in [1.29, 1.82) is 0 Å². The topological polar surface area (TPSA) is 214 Å². The maximum absolute atomic E-state index is 12.9. The van der Waals surface area contributed by atoms with Gasteiger partial charge in [-0.1, -0.05) is 12.1 Å². The number of aliphatic hydroxyl groups is 1. The van der Waals surface area contributed by atoms with Crippen LogP contribution in [0.3, 0.4) is 0 Å². The molecule has 4 atom stereocenters. The molecular formula is C21H28N4O9. The SMILES string of the molecule is O=C(O)CC(NC(=O)C1CCCN1)C(=O)NC(Cc1ccc(O)cc1)C(=O)NC(CO)C(=O)O. The van der Waals surface area contributed by atoms with Crippen molar-refractivity contribution in [1.82, 2.24) is 21.3 Å². The molecule has 4 unspecified atom stereocenters. The van der Waals surface area contributed by atoms with Crippen molar-refractivity contribution in [2.45, 2.75) is 49.9 Å². The monoisotopic (exact) mass is 480 g/mol. The third-order valence-electron chi connectivity index (χ3n) is 5.19. The van der Waals surface area contributed by atoms with Crippen LogP contribution in [0.2, 0.25) is 0 Å². The van der Waals surface area contributed by atoms with Gasteiger partial charge >= 0.3 is 11.9 Å². The molecule has 1 saturated heterocycles. The van der Waals surface area contributed by atoms with Crippen LogP contribution >= 0.6 is 0 Å². The van der Waals surface area contributed by atoms with Gasteiger partial charge in [0.15, 0.2) is 0 Å². The second-order valence-corrected chi connectivity index (χ2v) is 7.82. The van der Waals surface area contributed by atoms with Gasteiger partial charge in [0.25, 0.3) is 0 Å². The lowest BCUT2D eigenvalue weighted by atomic mass is 10.0. The van der Waals surface area contributed by atoms with Gasteiger partial charge in [0.05, 0.1) is 19.1 Å². The molecule has 13 nitrogen and oxygen atoms in total. The van der Waals surface area contributed by atoms with E-state index < -0.39 is 66.9 Å². The number of benzene rings is 1. The van der Waals surface area contributed by atoms with E-state index in [-0.39, 0.29) is 12.2 Å². The molecule has 1 heterocycles. The zero-order valence-corrected chi connectivity index (χ0v) is 18.2. The van der Waals surface area contributed by atoms with Gasteiger partial charge in [0.1, 0.15) is 23.9 Å². The zero-order chi connectivity index (χ0) is 25.3. The number of hydrogen-bond donors (Lipinski definition) is 8. The van der Waals surface area contributed by atoms with Gasteiger partial charge < -0.3 is 41.7 Å². The lowest BCUT2D eigenvalue weighted by molar-refractivity contribution is -0.144. The highest BCUT2D eigenvalue weighted by atomic mass is 16.4. The number of aromatic hydroxyl groups is 1. The fraction of sp³-hybridized carbons (Fsp3) is 0.476. The molecule has 1 aliphatic rings. The third-order valence-corrected chi connectivity index (χ3v) is 5.19. The molecule has 1 aliphatic heterocycles. The van der Waals surface area contributed by atoms with Crippen molar-refractivity contribution in [3.8, 4) is 5.75 Å². The Morgan fingerprint density at radius 1 is 0.941 bits per heavy atom. The molecule has 186 valence electrons. The number of rotatable bonds is 12. The number of carboxylic acids is 2. The molecule has 3 amide bonds. The van der Waals surface area contributed by atoms with Crippen LogP contribution in [-0.2, 0) is 30.4 Å². The average Bonchev–Trinajstić information content (AvgIpc) is 3.32. The minimum Gasteiger partial charge on any atom is -0.508 e. The predicted molar refractivity (Wildman–Crippen MR) is 116 cm³/mol. The summed E-state index contributed by atoms with van der Waals surface area (Å²) >= 11 is 0. The summed E-state index contributed by atoms with van der Waals surface area (Å²) in [5.41, 5.74) is 0.489. The van der Waals surface area contributed by atoms with E-state index in [0.717, 1.165) is 6.42 Å². The first kappa shape index (κ1) is 26.5. The first-order valence-corrected chi connectivity index (χ1v) is 10.6. The number of carboxylic acid groups (broad SMARTS) is 2. The Morgan fingerprint density at radius 2 is 1.56 bits per heavy atom. The summed E-state index contributed by atoms with van der Waals surface area (Å²) in [7, 11) is 0. The van der Waals surface area contributed by atoms with Crippen LogP contribution in [0, 0.1) is 0 Å². The Hall–Kier alpha value is -3.71. The first-order valence-electron chi connectivity index (χ1n) is 10.6. The van der Waals surface area contributed by atoms with Crippen molar-refractivity contribution in [3.05, 3.63) is 29.8 Å². The number of carbonyl (C=O) groups is 5. The van der Waals surface area contributed by atoms with Crippen LogP contribution in [0.5, 0.6) is 5.75 Å². The molecule has 0 radical (unpaired) electrons. The van der Waals surface area contributed by atoms with Crippen molar-refractivity contribution >= 4 is 29.7 Å². The van der Waals surface area contributed by atoms with E-state index in [0.29, 0.717) is 18.5 Å². The van der Waals surface area contributed by atoms with Gasteiger partial charge in [-0.3, -0.25) is 19.2 Å². The van der Waals surface area contributed by atoms with Crippen LogP contribution in [0.25, 0.3) is 0 Å². The predicted octanol–water partition coefficient (Wildman–Crippen LogP) is -2.31. The molecule has 0 spiro atoms. The van der Waals surface area contributed by atoms with E-state index in [1.54, 1.807) is 0 Å². The fourth-order valence-electron chi connectivity index (χ4n) is 3.37. The molecule has 1 fully saturated rings. The number of phenolic OH excluding ortho intramolecular Hbond substituents is 1. The lowest BCUT2D eigenvalue weighted by Gasteiger charge is -2.24. The Bertz CT molecular complexity index is 900. The van der Waals surface area contributed by atoms with Crippen molar-refractivity contribution in [2.75, 3.05) is 13.2 Å². The Balaban J connectivity index is 2.20. The molecular weight excluding hydrogens is 452 g/mol. The smallest absolute Gasteiger partial charge is 0.328 e. The zero-order valence-electron chi connectivity index (χ0n) is 18.2. The second kappa shape index (κ2) is 12.5. The quantitative estimate of drug-likeness (QED) is 0.160. The van der Waals surface area contributed by atoms with E-state index in [1.165, 1.54) is 24.3 Å². The molecule has 1 aromatic rings. The molecule has 1 aromatic carbocycles. The summed E-state index contributed by atoms with van der Waals surface area (Å²) in [6.07, 6.45) is 0.384. The number of aliphatic hydroxyl groups excluding tert-OH is 1. The fourth-order valence-corrected chi connectivity index (χ4v) is 3.37. The third kappa shape index (κ3) is 8.01. The number of carbonyl (C=O) groups excluding carboxylic acids is 3. The van der Waals surface area contributed by atoms with Gasteiger partial charge in [0.2, 0.25) is 17.7 Å². The van der Waals surface area contributed by atoms with Crippen molar-refractivity contribution in [2.24, 2.45) is 0 Å². The maximum Gasteiger partial charge on any atom is 0.328 e. The number of aliphatic carboxylic acids is 2.